The molecule has 0 radical (unpaired) electrons. The van der Waals surface area contributed by atoms with Gasteiger partial charge < -0.3 is 25.2 Å². The van der Waals surface area contributed by atoms with Gasteiger partial charge in [-0.05, 0) is 50.5 Å². The summed E-state index contributed by atoms with van der Waals surface area (Å²) in [7, 11) is 0. The maximum absolute atomic E-state index is 9.44. The van der Waals surface area contributed by atoms with Gasteiger partial charge in [0.05, 0.1) is 13.2 Å². The van der Waals surface area contributed by atoms with Crippen LogP contribution >= 0.6 is 0 Å². The molecule has 1 unspecified atom stereocenters. The van der Waals surface area contributed by atoms with Crippen molar-refractivity contribution in [2.45, 2.75) is 33.2 Å². The molecule has 0 aliphatic carbocycles. The summed E-state index contributed by atoms with van der Waals surface area (Å²) in [5.41, 5.74) is 2.15. The number of hydrogen-bond acceptors (Lipinski definition) is 4. The Labute approximate surface area is 179 Å². The van der Waals surface area contributed by atoms with E-state index < -0.39 is 0 Å². The number of rotatable bonds is 9. The fourth-order valence-electron chi connectivity index (χ4n) is 3.63. The molecule has 6 nitrogen and oxygen atoms in total. The van der Waals surface area contributed by atoms with Crippen molar-refractivity contribution in [1.82, 2.24) is 10.6 Å². The first-order valence-corrected chi connectivity index (χ1v) is 10.7. The largest absolute Gasteiger partial charge is 0.457 e. The van der Waals surface area contributed by atoms with Gasteiger partial charge in [-0.1, -0.05) is 30.3 Å². The molecule has 1 heterocycles. The number of aryl methyl sites for hydroxylation is 1. The second kappa shape index (κ2) is 11.0. The van der Waals surface area contributed by atoms with E-state index in [0.29, 0.717) is 13.2 Å². The predicted molar refractivity (Wildman–Crippen MR) is 120 cm³/mol. The summed E-state index contributed by atoms with van der Waals surface area (Å²) in [6.07, 6.45) is 1.68. The van der Waals surface area contributed by atoms with E-state index in [0.717, 1.165) is 61.1 Å². The van der Waals surface area contributed by atoms with E-state index in [1.807, 2.05) is 49.4 Å². The topological polar surface area (TPSA) is 75.1 Å². The molecule has 1 saturated heterocycles. The minimum absolute atomic E-state index is 0.0306. The first-order valence-electron chi connectivity index (χ1n) is 10.7. The Balaban J connectivity index is 1.68. The highest BCUT2D eigenvalue weighted by atomic mass is 16.5. The molecule has 1 aliphatic rings. The maximum atomic E-state index is 9.44. The monoisotopic (exact) mass is 411 g/mol. The number of aliphatic imine (C=N–C) groups is 1. The van der Waals surface area contributed by atoms with Crippen LogP contribution in [0.15, 0.2) is 53.5 Å². The van der Waals surface area contributed by atoms with Crippen molar-refractivity contribution in [2.24, 2.45) is 10.4 Å². The van der Waals surface area contributed by atoms with Gasteiger partial charge in [-0.2, -0.15) is 0 Å². The lowest BCUT2D eigenvalue weighted by molar-refractivity contribution is 0.127. The second-order valence-electron chi connectivity index (χ2n) is 7.85. The maximum Gasteiger partial charge on any atom is 0.191 e. The Morgan fingerprint density at radius 2 is 2.07 bits per heavy atom. The van der Waals surface area contributed by atoms with E-state index in [1.54, 1.807) is 0 Å². The molecule has 1 fully saturated rings. The normalized spacial score (nSPS) is 19.0. The Hall–Kier alpha value is -2.57. The van der Waals surface area contributed by atoms with Crippen LogP contribution in [0.1, 0.15) is 30.9 Å². The number of aliphatic hydroxyl groups is 1. The van der Waals surface area contributed by atoms with Gasteiger partial charge in [-0.15, -0.1) is 0 Å². The molecule has 0 amide bonds. The minimum Gasteiger partial charge on any atom is -0.457 e. The molecule has 3 rings (SSSR count). The van der Waals surface area contributed by atoms with E-state index in [9.17, 15) is 5.11 Å². The highest BCUT2D eigenvalue weighted by Crippen LogP contribution is 2.31. The Bertz CT molecular complexity index is 832. The van der Waals surface area contributed by atoms with Crippen LogP contribution in [-0.2, 0) is 11.3 Å². The van der Waals surface area contributed by atoms with Crippen molar-refractivity contribution in [3.63, 3.8) is 0 Å². The summed E-state index contributed by atoms with van der Waals surface area (Å²) in [5, 5.41) is 16.2. The van der Waals surface area contributed by atoms with Gasteiger partial charge in [0, 0.05) is 37.3 Å². The van der Waals surface area contributed by atoms with Crippen molar-refractivity contribution >= 4 is 5.96 Å². The van der Waals surface area contributed by atoms with Crippen LogP contribution in [0.3, 0.4) is 0 Å². The average molecular weight is 412 g/mol. The number of hydrogen-bond donors (Lipinski definition) is 3. The van der Waals surface area contributed by atoms with Crippen molar-refractivity contribution in [2.75, 3.05) is 32.9 Å². The standard InChI is InChI=1S/C24H33N3O3/c1-3-25-23(27-17-24(11-13-28)12-14-29-18-24)26-16-20-8-4-5-10-22(20)30-21-9-6-7-19(2)15-21/h4-10,15,28H,3,11-14,16-18H2,1-2H3,(H2,25,26,27). The Kier molecular flexibility index (Phi) is 8.11. The summed E-state index contributed by atoms with van der Waals surface area (Å²) in [6, 6.07) is 16.0. The van der Waals surface area contributed by atoms with Crippen LogP contribution in [0.25, 0.3) is 0 Å². The van der Waals surface area contributed by atoms with Crippen LogP contribution in [0.2, 0.25) is 0 Å². The van der Waals surface area contributed by atoms with Crippen molar-refractivity contribution in [1.29, 1.82) is 0 Å². The van der Waals surface area contributed by atoms with Gasteiger partial charge in [0.1, 0.15) is 11.5 Å². The first kappa shape index (κ1) is 22.1. The summed E-state index contributed by atoms with van der Waals surface area (Å²) in [5.74, 6) is 2.39. The van der Waals surface area contributed by atoms with Crippen molar-refractivity contribution in [3.8, 4) is 11.5 Å². The Morgan fingerprint density at radius 1 is 1.20 bits per heavy atom. The number of para-hydroxylation sites is 1. The number of benzene rings is 2. The van der Waals surface area contributed by atoms with Crippen LogP contribution in [0.5, 0.6) is 11.5 Å². The molecule has 1 atom stereocenters. The molecule has 2 aromatic carbocycles. The summed E-state index contributed by atoms with van der Waals surface area (Å²) in [6.45, 7) is 7.69. The lowest BCUT2D eigenvalue weighted by Crippen LogP contribution is -2.44. The molecular formula is C24H33N3O3. The molecule has 2 aromatic rings. The fourth-order valence-corrected chi connectivity index (χ4v) is 3.63. The van der Waals surface area contributed by atoms with Crippen LogP contribution in [-0.4, -0.2) is 44.0 Å². The molecule has 3 N–H and O–H groups in total. The minimum atomic E-state index is -0.0306. The van der Waals surface area contributed by atoms with Gasteiger partial charge in [0.25, 0.3) is 0 Å². The van der Waals surface area contributed by atoms with E-state index in [4.69, 9.17) is 14.5 Å². The highest BCUT2D eigenvalue weighted by Gasteiger charge is 2.34. The lowest BCUT2D eigenvalue weighted by Gasteiger charge is -2.27. The van der Waals surface area contributed by atoms with Crippen LogP contribution in [0.4, 0.5) is 0 Å². The number of guanidine groups is 1. The average Bonchev–Trinajstić information content (AvgIpc) is 3.20. The zero-order valence-electron chi connectivity index (χ0n) is 18.0. The van der Waals surface area contributed by atoms with Gasteiger partial charge in [-0.3, -0.25) is 0 Å². The number of ether oxygens (including phenoxy) is 2. The fraction of sp³-hybridized carbons (Fsp3) is 0.458. The second-order valence-corrected chi connectivity index (χ2v) is 7.85. The molecule has 30 heavy (non-hydrogen) atoms. The van der Waals surface area contributed by atoms with Crippen LogP contribution < -0.4 is 15.4 Å². The molecule has 6 heteroatoms. The van der Waals surface area contributed by atoms with Gasteiger partial charge >= 0.3 is 0 Å². The zero-order chi connectivity index (χ0) is 21.2. The number of aliphatic hydroxyl groups excluding tert-OH is 1. The van der Waals surface area contributed by atoms with Crippen molar-refractivity contribution in [3.05, 3.63) is 59.7 Å². The van der Waals surface area contributed by atoms with Crippen molar-refractivity contribution < 1.29 is 14.6 Å². The molecule has 1 aliphatic heterocycles. The molecule has 162 valence electrons. The van der Waals surface area contributed by atoms with Gasteiger partial charge in [0.15, 0.2) is 5.96 Å². The smallest absolute Gasteiger partial charge is 0.191 e. The van der Waals surface area contributed by atoms with E-state index in [2.05, 4.69) is 23.6 Å². The molecule has 0 saturated carbocycles. The van der Waals surface area contributed by atoms with Gasteiger partial charge in [-0.25, -0.2) is 4.99 Å². The number of nitrogens with one attached hydrogen (secondary N) is 2. The quantitative estimate of drug-likeness (QED) is 0.434. The summed E-state index contributed by atoms with van der Waals surface area (Å²) in [4.78, 5) is 4.77. The lowest BCUT2D eigenvalue weighted by atomic mass is 9.84. The SMILES string of the molecule is CCNC(=NCc1ccccc1Oc1cccc(C)c1)NCC1(CCO)CCOC1. The third-order valence-electron chi connectivity index (χ3n) is 5.40. The van der Waals surface area contributed by atoms with E-state index in [1.165, 1.54) is 0 Å². The first-order chi connectivity index (χ1) is 14.6. The van der Waals surface area contributed by atoms with Gasteiger partial charge in [0.2, 0.25) is 0 Å². The predicted octanol–water partition coefficient (Wildman–Crippen LogP) is 3.63. The third-order valence-corrected chi connectivity index (χ3v) is 5.40. The summed E-state index contributed by atoms with van der Waals surface area (Å²) < 4.78 is 11.7. The highest BCUT2D eigenvalue weighted by molar-refractivity contribution is 5.79. The van der Waals surface area contributed by atoms with E-state index in [-0.39, 0.29) is 12.0 Å². The van der Waals surface area contributed by atoms with E-state index >= 15 is 0 Å². The zero-order valence-corrected chi connectivity index (χ0v) is 18.0. The molecular weight excluding hydrogens is 378 g/mol. The summed E-state index contributed by atoms with van der Waals surface area (Å²) >= 11 is 0. The molecule has 0 bridgehead atoms. The Morgan fingerprint density at radius 3 is 2.80 bits per heavy atom. The third kappa shape index (κ3) is 6.21. The molecule has 0 spiro atoms. The molecule has 0 aromatic heterocycles. The number of nitrogens with zero attached hydrogens (tertiary/aromatic N) is 1. The van der Waals surface area contributed by atoms with Crippen LogP contribution in [0, 0.1) is 12.3 Å².